The summed E-state index contributed by atoms with van der Waals surface area (Å²) in [6.07, 6.45) is 1.53. The van der Waals surface area contributed by atoms with Crippen LogP contribution < -0.4 is 5.73 Å². The van der Waals surface area contributed by atoms with E-state index in [9.17, 15) is 4.39 Å². The van der Waals surface area contributed by atoms with Gasteiger partial charge in [0.15, 0.2) is 16.9 Å². The summed E-state index contributed by atoms with van der Waals surface area (Å²) in [6.45, 7) is 0.163. The predicted octanol–water partition coefficient (Wildman–Crippen LogP) is 3.01. The molecule has 4 aromatic rings. The molecule has 0 aliphatic heterocycles. The fourth-order valence-electron chi connectivity index (χ4n) is 2.39. The Balaban J connectivity index is 1.85. The Hall–Kier alpha value is -2.81. The van der Waals surface area contributed by atoms with Gasteiger partial charge in [-0.2, -0.15) is 4.98 Å². The molecule has 0 bridgehead atoms. The van der Waals surface area contributed by atoms with Crippen molar-refractivity contribution < 1.29 is 8.81 Å². The number of fused-ring (bicyclic) bond motifs is 1. The van der Waals surface area contributed by atoms with Gasteiger partial charge in [-0.3, -0.25) is 0 Å². The van der Waals surface area contributed by atoms with Crippen LogP contribution in [0, 0.1) is 5.82 Å². The molecule has 0 aliphatic carbocycles. The minimum absolute atomic E-state index is 0.0622. The molecule has 4 rings (SSSR count). The second kappa shape index (κ2) is 5.68. The molecule has 0 saturated heterocycles. The topological polar surface area (TPSA) is 95.6 Å². The van der Waals surface area contributed by atoms with Gasteiger partial charge in [0.1, 0.15) is 11.5 Å². The Morgan fingerprint density at radius 1 is 1.25 bits per heavy atom. The third-order valence-corrected chi connectivity index (χ3v) is 3.96. The van der Waals surface area contributed by atoms with Crippen LogP contribution in [-0.2, 0) is 6.54 Å². The highest BCUT2D eigenvalue weighted by atomic mass is 79.9. The van der Waals surface area contributed by atoms with Crippen molar-refractivity contribution in [3.05, 3.63) is 52.4 Å². The minimum Gasteiger partial charge on any atom is -0.463 e. The molecule has 0 aliphatic rings. The van der Waals surface area contributed by atoms with Crippen LogP contribution in [0.1, 0.15) is 5.56 Å². The van der Waals surface area contributed by atoms with E-state index in [1.54, 1.807) is 24.3 Å². The van der Waals surface area contributed by atoms with Crippen molar-refractivity contribution >= 4 is 33.0 Å². The van der Waals surface area contributed by atoms with Crippen LogP contribution in [0.4, 0.5) is 10.3 Å². The quantitative estimate of drug-likeness (QED) is 0.579. The number of hydrogen-bond acceptors (Lipinski definition) is 6. The molecule has 0 unspecified atom stereocenters. The van der Waals surface area contributed by atoms with E-state index in [2.05, 4.69) is 36.2 Å². The molecule has 0 atom stereocenters. The molecular weight excluding hydrogens is 379 g/mol. The Morgan fingerprint density at radius 3 is 2.92 bits per heavy atom. The van der Waals surface area contributed by atoms with Crippen molar-refractivity contribution in [2.45, 2.75) is 6.54 Å². The summed E-state index contributed by atoms with van der Waals surface area (Å²) < 4.78 is 21.6. The van der Waals surface area contributed by atoms with Gasteiger partial charge in [0, 0.05) is 10.0 Å². The molecule has 3 heterocycles. The van der Waals surface area contributed by atoms with Crippen LogP contribution >= 0.6 is 15.9 Å². The maximum absolute atomic E-state index is 14.0. The van der Waals surface area contributed by atoms with E-state index < -0.39 is 0 Å². The van der Waals surface area contributed by atoms with Crippen molar-refractivity contribution in [1.82, 2.24) is 25.0 Å². The van der Waals surface area contributed by atoms with E-state index in [-0.39, 0.29) is 18.3 Å². The Labute approximate surface area is 143 Å². The molecule has 0 amide bonds. The number of nitrogens with zero attached hydrogens (tertiary/aromatic N) is 5. The highest BCUT2D eigenvalue weighted by Gasteiger charge is 2.17. The summed E-state index contributed by atoms with van der Waals surface area (Å²) in [5, 5.41) is 8.16. The van der Waals surface area contributed by atoms with Gasteiger partial charge in [0.25, 0.3) is 0 Å². The van der Waals surface area contributed by atoms with Gasteiger partial charge in [-0.05, 0) is 30.3 Å². The maximum atomic E-state index is 14.0. The van der Waals surface area contributed by atoms with Crippen LogP contribution in [0.5, 0.6) is 0 Å². The zero-order chi connectivity index (χ0) is 16.7. The second-order valence-electron chi connectivity index (χ2n) is 5.06. The highest BCUT2D eigenvalue weighted by Crippen LogP contribution is 2.26. The minimum atomic E-state index is -0.338. The zero-order valence-electron chi connectivity index (χ0n) is 12.1. The third-order valence-electron chi connectivity index (χ3n) is 3.46. The fraction of sp³-hybridized carbons (Fsp3) is 0.0667. The average molecular weight is 389 g/mol. The largest absolute Gasteiger partial charge is 0.463 e. The first-order valence-corrected chi connectivity index (χ1v) is 7.75. The SMILES string of the molecule is Nc1nc(-c2ccco2)c2nnn(Cc3cc(Br)ccc3F)c2n1. The number of hydrogen-bond donors (Lipinski definition) is 1. The number of anilines is 1. The lowest BCUT2D eigenvalue weighted by Crippen LogP contribution is -2.06. The highest BCUT2D eigenvalue weighted by molar-refractivity contribution is 9.10. The van der Waals surface area contributed by atoms with Crippen molar-refractivity contribution in [1.29, 1.82) is 0 Å². The summed E-state index contributed by atoms with van der Waals surface area (Å²) >= 11 is 3.33. The van der Waals surface area contributed by atoms with E-state index in [1.807, 2.05) is 0 Å². The van der Waals surface area contributed by atoms with Crippen LogP contribution in [-0.4, -0.2) is 25.0 Å². The lowest BCUT2D eigenvalue weighted by molar-refractivity contribution is 0.580. The lowest BCUT2D eigenvalue weighted by Gasteiger charge is -2.05. The number of benzene rings is 1. The standard InChI is InChI=1S/C15H10BrFN6O/c16-9-3-4-10(17)8(6-9)7-23-14-13(21-22-23)12(19-15(18)20-14)11-2-1-5-24-11/h1-6H,7H2,(H2,18,19,20). The van der Waals surface area contributed by atoms with Gasteiger partial charge in [-0.15, -0.1) is 5.10 Å². The van der Waals surface area contributed by atoms with Crippen LogP contribution in [0.25, 0.3) is 22.6 Å². The molecule has 0 spiro atoms. The number of halogens is 2. The first-order chi connectivity index (χ1) is 11.6. The molecule has 9 heteroatoms. The molecule has 0 radical (unpaired) electrons. The molecule has 120 valence electrons. The second-order valence-corrected chi connectivity index (χ2v) is 5.98. The maximum Gasteiger partial charge on any atom is 0.222 e. The molecule has 2 N–H and O–H groups in total. The first kappa shape index (κ1) is 14.8. The Bertz CT molecular complexity index is 1030. The Kier molecular flexibility index (Phi) is 3.49. The zero-order valence-corrected chi connectivity index (χ0v) is 13.7. The van der Waals surface area contributed by atoms with Crippen molar-refractivity contribution in [3.8, 4) is 11.5 Å². The molecule has 24 heavy (non-hydrogen) atoms. The average Bonchev–Trinajstić information content (AvgIpc) is 3.21. The van der Waals surface area contributed by atoms with Gasteiger partial charge in [-0.25, -0.2) is 14.1 Å². The van der Waals surface area contributed by atoms with Gasteiger partial charge < -0.3 is 10.2 Å². The van der Waals surface area contributed by atoms with Crippen molar-refractivity contribution in [2.75, 3.05) is 5.73 Å². The molecule has 0 saturated carbocycles. The number of rotatable bonds is 3. The normalized spacial score (nSPS) is 11.2. The summed E-state index contributed by atoms with van der Waals surface area (Å²) in [5.74, 6) is 0.233. The Morgan fingerprint density at radius 2 is 2.12 bits per heavy atom. The van der Waals surface area contributed by atoms with E-state index >= 15 is 0 Å². The van der Waals surface area contributed by atoms with Gasteiger partial charge in [0.05, 0.1) is 12.8 Å². The molecule has 3 aromatic heterocycles. The summed E-state index contributed by atoms with van der Waals surface area (Å²) in [7, 11) is 0. The van der Waals surface area contributed by atoms with Crippen molar-refractivity contribution in [3.63, 3.8) is 0 Å². The summed E-state index contributed by atoms with van der Waals surface area (Å²) in [5.41, 5.74) is 7.54. The monoisotopic (exact) mass is 388 g/mol. The van der Waals surface area contributed by atoms with Crippen LogP contribution in [0.15, 0.2) is 45.5 Å². The van der Waals surface area contributed by atoms with Crippen LogP contribution in [0.2, 0.25) is 0 Å². The molecule has 0 fully saturated rings. The van der Waals surface area contributed by atoms with Crippen molar-refractivity contribution in [2.24, 2.45) is 0 Å². The van der Waals surface area contributed by atoms with Gasteiger partial charge in [-0.1, -0.05) is 21.1 Å². The summed E-state index contributed by atoms with van der Waals surface area (Å²) in [6, 6.07) is 8.18. The molecule has 7 nitrogen and oxygen atoms in total. The number of nitrogens with two attached hydrogens (primary N) is 1. The van der Waals surface area contributed by atoms with E-state index in [1.165, 1.54) is 17.0 Å². The summed E-state index contributed by atoms with van der Waals surface area (Å²) in [4.78, 5) is 8.35. The van der Waals surface area contributed by atoms with E-state index in [4.69, 9.17) is 10.2 Å². The van der Waals surface area contributed by atoms with E-state index in [0.29, 0.717) is 28.2 Å². The number of furan rings is 1. The van der Waals surface area contributed by atoms with Gasteiger partial charge in [0.2, 0.25) is 5.95 Å². The predicted molar refractivity (Wildman–Crippen MR) is 88.4 cm³/mol. The lowest BCUT2D eigenvalue weighted by atomic mass is 10.2. The van der Waals surface area contributed by atoms with Gasteiger partial charge >= 0.3 is 0 Å². The smallest absolute Gasteiger partial charge is 0.222 e. The van der Waals surface area contributed by atoms with E-state index in [0.717, 1.165) is 4.47 Å². The molecule has 1 aromatic carbocycles. The van der Waals surface area contributed by atoms with Crippen LogP contribution in [0.3, 0.4) is 0 Å². The number of aromatic nitrogens is 5. The third kappa shape index (κ3) is 2.52. The number of nitrogen functional groups attached to an aromatic ring is 1. The fourth-order valence-corrected chi connectivity index (χ4v) is 2.80. The first-order valence-electron chi connectivity index (χ1n) is 6.96. The molecular formula is C15H10BrFN6O.